The summed E-state index contributed by atoms with van der Waals surface area (Å²) >= 11 is 0. The summed E-state index contributed by atoms with van der Waals surface area (Å²) in [5.41, 5.74) is 2.55. The largest absolute Gasteiger partial charge is 0.379 e. The fourth-order valence-electron chi connectivity index (χ4n) is 2.85. The predicted molar refractivity (Wildman–Crippen MR) is 89.7 cm³/mol. The number of hydrogen-bond donors (Lipinski definition) is 2. The lowest BCUT2D eigenvalue weighted by atomic mass is 10.1. The van der Waals surface area contributed by atoms with Gasteiger partial charge in [0.05, 0.1) is 37.1 Å². The first-order chi connectivity index (χ1) is 11.8. The van der Waals surface area contributed by atoms with Crippen molar-refractivity contribution in [2.45, 2.75) is 38.5 Å². The van der Waals surface area contributed by atoms with Crippen LogP contribution in [0.5, 0.6) is 0 Å². The second kappa shape index (κ2) is 8.08. The van der Waals surface area contributed by atoms with Crippen molar-refractivity contribution < 1.29 is 14.3 Å². The number of rotatable bonds is 6. The maximum Gasteiger partial charge on any atom is 0.255 e. The maximum absolute atomic E-state index is 12.5. The standard InChI is InChI=1S/C18H23N3O3/c1-2-15-14(10-19-21-15)18(22)20-16-12-23-9-8-17(16)24-11-13-6-4-3-5-7-13/h3-7,10,16-17H,2,8-9,11-12H2,1H3,(H,19,21)(H,20,22)/t16-,17+/m1/s1. The summed E-state index contributed by atoms with van der Waals surface area (Å²) in [5, 5.41) is 9.85. The van der Waals surface area contributed by atoms with Crippen molar-refractivity contribution in [1.82, 2.24) is 15.5 Å². The lowest BCUT2D eigenvalue weighted by Crippen LogP contribution is -2.50. The van der Waals surface area contributed by atoms with Crippen LogP contribution in [0.1, 0.15) is 35.0 Å². The van der Waals surface area contributed by atoms with Gasteiger partial charge in [-0.3, -0.25) is 9.89 Å². The third-order valence-corrected chi connectivity index (χ3v) is 4.23. The van der Waals surface area contributed by atoms with Crippen LogP contribution in [0.15, 0.2) is 36.5 Å². The second-order valence-electron chi connectivity index (χ2n) is 5.89. The molecule has 2 aromatic rings. The molecule has 0 aliphatic carbocycles. The molecular formula is C18H23N3O3. The van der Waals surface area contributed by atoms with Crippen molar-refractivity contribution in [2.75, 3.05) is 13.2 Å². The number of aromatic nitrogens is 2. The number of hydrogen-bond acceptors (Lipinski definition) is 4. The van der Waals surface area contributed by atoms with Crippen molar-refractivity contribution in [1.29, 1.82) is 0 Å². The van der Waals surface area contributed by atoms with E-state index >= 15 is 0 Å². The Kier molecular flexibility index (Phi) is 5.61. The molecule has 0 bridgehead atoms. The Hall–Kier alpha value is -2.18. The molecule has 0 saturated carbocycles. The van der Waals surface area contributed by atoms with Gasteiger partial charge in [0, 0.05) is 12.3 Å². The lowest BCUT2D eigenvalue weighted by molar-refractivity contribution is -0.0605. The zero-order chi connectivity index (χ0) is 16.8. The molecule has 0 spiro atoms. The molecule has 6 heteroatoms. The van der Waals surface area contributed by atoms with Crippen LogP contribution in [0.25, 0.3) is 0 Å². The molecule has 128 valence electrons. The lowest BCUT2D eigenvalue weighted by Gasteiger charge is -2.32. The first kappa shape index (κ1) is 16.7. The molecule has 1 aliphatic rings. The molecule has 0 radical (unpaired) electrons. The van der Waals surface area contributed by atoms with Crippen LogP contribution in [0.4, 0.5) is 0 Å². The van der Waals surface area contributed by atoms with Gasteiger partial charge in [-0.2, -0.15) is 5.10 Å². The van der Waals surface area contributed by atoms with Gasteiger partial charge >= 0.3 is 0 Å². The van der Waals surface area contributed by atoms with Crippen LogP contribution >= 0.6 is 0 Å². The molecule has 2 heterocycles. The third kappa shape index (κ3) is 4.01. The summed E-state index contributed by atoms with van der Waals surface area (Å²) < 4.78 is 11.6. The van der Waals surface area contributed by atoms with Crippen molar-refractivity contribution in [3.8, 4) is 0 Å². The van der Waals surface area contributed by atoms with Gasteiger partial charge in [-0.1, -0.05) is 37.3 Å². The number of benzene rings is 1. The van der Waals surface area contributed by atoms with Gasteiger partial charge in [0.15, 0.2) is 0 Å². The summed E-state index contributed by atoms with van der Waals surface area (Å²) in [6.45, 7) is 3.63. The number of nitrogens with zero attached hydrogens (tertiary/aromatic N) is 1. The Labute approximate surface area is 141 Å². The molecule has 1 amide bonds. The first-order valence-electron chi connectivity index (χ1n) is 8.34. The molecule has 0 unspecified atom stereocenters. The molecule has 6 nitrogen and oxygen atoms in total. The number of ether oxygens (including phenoxy) is 2. The first-order valence-corrected chi connectivity index (χ1v) is 8.34. The van der Waals surface area contributed by atoms with E-state index in [9.17, 15) is 4.79 Å². The van der Waals surface area contributed by atoms with Crippen LogP contribution in [-0.2, 0) is 22.5 Å². The topological polar surface area (TPSA) is 76.2 Å². The highest BCUT2D eigenvalue weighted by Crippen LogP contribution is 2.16. The summed E-state index contributed by atoms with van der Waals surface area (Å²) in [7, 11) is 0. The summed E-state index contributed by atoms with van der Waals surface area (Å²) in [6.07, 6.45) is 3.01. The predicted octanol–water partition coefficient (Wildman–Crippen LogP) is 2.08. The monoisotopic (exact) mass is 329 g/mol. The minimum Gasteiger partial charge on any atom is -0.379 e. The van der Waals surface area contributed by atoms with Gasteiger partial charge in [0.2, 0.25) is 0 Å². The fourth-order valence-corrected chi connectivity index (χ4v) is 2.85. The van der Waals surface area contributed by atoms with E-state index in [-0.39, 0.29) is 18.1 Å². The van der Waals surface area contributed by atoms with Crippen molar-refractivity contribution in [2.24, 2.45) is 0 Å². The third-order valence-electron chi connectivity index (χ3n) is 4.23. The van der Waals surface area contributed by atoms with Crippen LogP contribution in [0, 0.1) is 0 Å². The number of amides is 1. The van der Waals surface area contributed by atoms with Gasteiger partial charge in [0.25, 0.3) is 5.91 Å². The van der Waals surface area contributed by atoms with Crippen LogP contribution in [0.3, 0.4) is 0 Å². The van der Waals surface area contributed by atoms with E-state index in [1.54, 1.807) is 6.20 Å². The van der Waals surface area contributed by atoms with E-state index in [0.29, 0.717) is 25.4 Å². The number of nitrogens with one attached hydrogen (secondary N) is 2. The zero-order valence-electron chi connectivity index (χ0n) is 13.8. The van der Waals surface area contributed by atoms with Gasteiger partial charge in [-0.15, -0.1) is 0 Å². The van der Waals surface area contributed by atoms with E-state index in [1.165, 1.54) is 0 Å². The Morgan fingerprint density at radius 3 is 3.04 bits per heavy atom. The average Bonchev–Trinajstić information content (AvgIpc) is 3.11. The minimum atomic E-state index is -0.158. The molecule has 2 N–H and O–H groups in total. The van der Waals surface area contributed by atoms with Crippen molar-refractivity contribution in [3.63, 3.8) is 0 Å². The molecule has 2 atom stereocenters. The number of aromatic amines is 1. The van der Waals surface area contributed by atoms with Crippen molar-refractivity contribution >= 4 is 5.91 Å². The van der Waals surface area contributed by atoms with E-state index in [4.69, 9.17) is 9.47 Å². The Morgan fingerprint density at radius 1 is 1.42 bits per heavy atom. The van der Waals surface area contributed by atoms with Gasteiger partial charge < -0.3 is 14.8 Å². The molecule has 1 aliphatic heterocycles. The van der Waals surface area contributed by atoms with E-state index in [2.05, 4.69) is 15.5 Å². The molecule has 1 aromatic heterocycles. The van der Waals surface area contributed by atoms with E-state index in [1.807, 2.05) is 37.3 Å². The Morgan fingerprint density at radius 2 is 2.25 bits per heavy atom. The minimum absolute atomic E-state index is 0.0557. The number of aryl methyl sites for hydroxylation is 1. The SMILES string of the molecule is CCc1[nH]ncc1C(=O)N[C@@H]1COCC[C@@H]1OCc1ccccc1. The van der Waals surface area contributed by atoms with Crippen LogP contribution in [0.2, 0.25) is 0 Å². The van der Waals surface area contributed by atoms with Crippen LogP contribution < -0.4 is 5.32 Å². The van der Waals surface area contributed by atoms with E-state index < -0.39 is 0 Å². The number of carbonyl (C=O) groups excluding carboxylic acids is 1. The summed E-state index contributed by atoms with van der Waals surface area (Å²) in [4.78, 5) is 12.5. The summed E-state index contributed by atoms with van der Waals surface area (Å²) in [6, 6.07) is 9.88. The quantitative estimate of drug-likeness (QED) is 0.851. The Balaban J connectivity index is 1.61. The number of carbonyl (C=O) groups is 1. The fraction of sp³-hybridized carbons (Fsp3) is 0.444. The van der Waals surface area contributed by atoms with Gasteiger partial charge in [-0.25, -0.2) is 0 Å². The average molecular weight is 329 g/mol. The molecule has 3 rings (SSSR count). The molecule has 1 fully saturated rings. The van der Waals surface area contributed by atoms with Gasteiger partial charge in [0.1, 0.15) is 0 Å². The van der Waals surface area contributed by atoms with Crippen molar-refractivity contribution in [3.05, 3.63) is 53.3 Å². The smallest absolute Gasteiger partial charge is 0.255 e. The highest BCUT2D eigenvalue weighted by molar-refractivity contribution is 5.95. The molecule has 1 aromatic carbocycles. The Bertz CT molecular complexity index is 657. The maximum atomic E-state index is 12.5. The normalized spacial score (nSPS) is 20.7. The zero-order valence-corrected chi connectivity index (χ0v) is 13.8. The molecule has 24 heavy (non-hydrogen) atoms. The molecule has 1 saturated heterocycles. The highest BCUT2D eigenvalue weighted by atomic mass is 16.5. The number of H-pyrrole nitrogens is 1. The summed E-state index contributed by atoms with van der Waals surface area (Å²) in [5.74, 6) is -0.135. The van der Waals surface area contributed by atoms with E-state index in [0.717, 1.165) is 24.1 Å². The van der Waals surface area contributed by atoms with Crippen LogP contribution in [-0.4, -0.2) is 41.5 Å². The molecular weight excluding hydrogens is 306 g/mol. The van der Waals surface area contributed by atoms with Gasteiger partial charge in [-0.05, 0) is 18.4 Å². The highest BCUT2D eigenvalue weighted by Gasteiger charge is 2.29. The second-order valence-corrected chi connectivity index (χ2v) is 5.89.